The molecule has 0 saturated carbocycles. The second-order valence-electron chi connectivity index (χ2n) is 5.49. The molecule has 0 unspecified atom stereocenters. The van der Waals surface area contributed by atoms with Crippen LogP contribution in [0.4, 0.5) is 14.5 Å². The molecule has 7 nitrogen and oxygen atoms in total. The number of rotatable bonds is 6. The molecule has 0 spiro atoms. The third-order valence-corrected chi connectivity index (χ3v) is 3.39. The summed E-state index contributed by atoms with van der Waals surface area (Å²) in [5.74, 6) is -1.87. The van der Waals surface area contributed by atoms with Gasteiger partial charge in [0.1, 0.15) is 17.8 Å². The van der Waals surface area contributed by atoms with Gasteiger partial charge in [-0.1, -0.05) is 22.9 Å². The van der Waals surface area contributed by atoms with E-state index in [1.165, 1.54) is 0 Å². The van der Waals surface area contributed by atoms with Gasteiger partial charge in [0.25, 0.3) is 11.8 Å². The molecule has 0 bridgehead atoms. The van der Waals surface area contributed by atoms with Crippen molar-refractivity contribution in [3.05, 3.63) is 65.6 Å². The zero-order chi connectivity index (χ0) is 19.2. The average molecular weight is 372 g/mol. The Labute approximate surface area is 152 Å². The minimum absolute atomic E-state index is 0.145. The normalized spacial score (nSPS) is 10.9. The van der Waals surface area contributed by atoms with Crippen molar-refractivity contribution in [1.29, 1.82) is 0 Å². The van der Waals surface area contributed by atoms with E-state index in [0.29, 0.717) is 12.0 Å². The maximum atomic E-state index is 13.4. The van der Waals surface area contributed by atoms with Crippen molar-refractivity contribution in [3.8, 4) is 11.5 Å². The summed E-state index contributed by atoms with van der Waals surface area (Å²) in [6.07, 6.45) is 0.806. The molecule has 2 aromatic carbocycles. The molecule has 1 heterocycles. The van der Waals surface area contributed by atoms with Crippen LogP contribution in [0.5, 0.6) is 0 Å². The zero-order valence-corrected chi connectivity index (χ0v) is 14.1. The number of carbonyl (C=O) groups is 1. The smallest absolute Gasteiger partial charge is 0.270 e. The number of carbonyl (C=O) groups excluding carboxylic acids is 1. The number of halogens is 2. The summed E-state index contributed by atoms with van der Waals surface area (Å²) >= 11 is 0. The molecule has 0 aliphatic carbocycles. The molecule has 27 heavy (non-hydrogen) atoms. The number of anilines is 1. The van der Waals surface area contributed by atoms with Gasteiger partial charge in [0.2, 0.25) is 5.89 Å². The Balaban J connectivity index is 1.50. The molecule has 0 atom stereocenters. The van der Waals surface area contributed by atoms with Crippen molar-refractivity contribution in [2.45, 2.75) is 13.5 Å². The van der Waals surface area contributed by atoms with E-state index in [-0.39, 0.29) is 18.2 Å². The molecule has 3 rings (SSSR count). The van der Waals surface area contributed by atoms with Crippen LogP contribution in [0.15, 0.2) is 52.0 Å². The fourth-order valence-corrected chi connectivity index (χ4v) is 2.06. The van der Waals surface area contributed by atoms with Crippen LogP contribution in [-0.4, -0.2) is 22.3 Å². The van der Waals surface area contributed by atoms with Crippen molar-refractivity contribution < 1.29 is 22.8 Å². The van der Waals surface area contributed by atoms with Crippen LogP contribution in [0, 0.1) is 18.6 Å². The molecular formula is C18H14F2N4O3. The highest BCUT2D eigenvalue weighted by Gasteiger charge is 2.09. The highest BCUT2D eigenvalue weighted by atomic mass is 19.1. The lowest BCUT2D eigenvalue weighted by molar-refractivity contribution is -0.110. The summed E-state index contributed by atoms with van der Waals surface area (Å²) in [5.41, 5.74) is 1.70. The first-order valence-corrected chi connectivity index (χ1v) is 7.82. The van der Waals surface area contributed by atoms with Crippen LogP contribution >= 0.6 is 0 Å². The van der Waals surface area contributed by atoms with Gasteiger partial charge in [-0.05, 0) is 31.2 Å². The quantitative estimate of drug-likeness (QED) is 0.529. The Morgan fingerprint density at radius 3 is 2.74 bits per heavy atom. The van der Waals surface area contributed by atoms with Gasteiger partial charge in [0, 0.05) is 11.6 Å². The van der Waals surface area contributed by atoms with Crippen molar-refractivity contribution in [2.75, 3.05) is 5.32 Å². The van der Waals surface area contributed by atoms with E-state index < -0.39 is 17.5 Å². The van der Waals surface area contributed by atoms with Crippen LogP contribution in [0.3, 0.4) is 0 Å². The van der Waals surface area contributed by atoms with Gasteiger partial charge in [-0.3, -0.25) is 4.79 Å². The Morgan fingerprint density at radius 1 is 1.22 bits per heavy atom. The molecule has 0 saturated heterocycles. The van der Waals surface area contributed by atoms with E-state index in [9.17, 15) is 13.6 Å². The predicted molar refractivity (Wildman–Crippen MR) is 92.7 cm³/mol. The van der Waals surface area contributed by atoms with E-state index in [4.69, 9.17) is 9.25 Å². The van der Waals surface area contributed by atoms with Crippen molar-refractivity contribution in [1.82, 2.24) is 10.2 Å². The summed E-state index contributed by atoms with van der Waals surface area (Å²) in [5, 5.41) is 13.4. The van der Waals surface area contributed by atoms with Crippen LogP contribution in [0.2, 0.25) is 0 Å². The Bertz CT molecular complexity index is 971. The number of oxime groups is 1. The summed E-state index contributed by atoms with van der Waals surface area (Å²) in [7, 11) is 0. The molecule has 1 N–H and O–H groups in total. The predicted octanol–water partition coefficient (Wildman–Crippen LogP) is 3.46. The number of hydrogen-bond acceptors (Lipinski definition) is 6. The highest BCUT2D eigenvalue weighted by molar-refractivity contribution is 6.31. The molecule has 1 amide bonds. The van der Waals surface area contributed by atoms with E-state index in [1.54, 1.807) is 0 Å². The Hall–Kier alpha value is -3.62. The molecule has 0 radical (unpaired) electrons. The first kappa shape index (κ1) is 18.2. The van der Waals surface area contributed by atoms with Crippen LogP contribution in [0.25, 0.3) is 11.5 Å². The summed E-state index contributed by atoms with van der Waals surface area (Å²) in [6.45, 7) is 1.82. The number of nitrogens with one attached hydrogen (secondary N) is 1. The summed E-state index contributed by atoms with van der Waals surface area (Å²) in [4.78, 5) is 16.5. The van der Waals surface area contributed by atoms with Gasteiger partial charge in [-0.15, -0.1) is 10.2 Å². The standard InChI is InChI=1S/C18H14F2N4O3/c1-11-2-4-12(5-3-11)18-24-23-17(27-18)10-26-21-9-16(25)22-15-7-6-13(19)8-14(15)20/h2-9H,10H2,1H3,(H,22,25)/b21-9+. The molecule has 3 aromatic rings. The van der Waals surface area contributed by atoms with Gasteiger partial charge in [-0.2, -0.15) is 0 Å². The Morgan fingerprint density at radius 2 is 2.00 bits per heavy atom. The van der Waals surface area contributed by atoms with Crippen molar-refractivity contribution >= 4 is 17.8 Å². The molecule has 0 aliphatic rings. The van der Waals surface area contributed by atoms with Gasteiger partial charge < -0.3 is 14.6 Å². The summed E-state index contributed by atoms with van der Waals surface area (Å²) in [6, 6.07) is 10.3. The topological polar surface area (TPSA) is 89.6 Å². The first-order valence-electron chi connectivity index (χ1n) is 7.82. The lowest BCUT2D eigenvalue weighted by atomic mass is 10.1. The second kappa shape index (κ2) is 8.17. The maximum Gasteiger partial charge on any atom is 0.270 e. The van der Waals surface area contributed by atoms with Gasteiger partial charge in [0.15, 0.2) is 6.61 Å². The van der Waals surface area contributed by atoms with E-state index in [1.807, 2.05) is 31.2 Å². The lowest BCUT2D eigenvalue weighted by Gasteiger charge is -2.02. The third kappa shape index (κ3) is 4.94. The molecule has 0 fully saturated rings. The van der Waals surface area contributed by atoms with Crippen LogP contribution < -0.4 is 5.32 Å². The first-order chi connectivity index (χ1) is 13.0. The van der Waals surface area contributed by atoms with Gasteiger partial charge >= 0.3 is 0 Å². The monoisotopic (exact) mass is 372 g/mol. The van der Waals surface area contributed by atoms with Crippen molar-refractivity contribution in [3.63, 3.8) is 0 Å². The molecule has 1 aromatic heterocycles. The summed E-state index contributed by atoms with van der Waals surface area (Å²) < 4.78 is 31.7. The number of aromatic nitrogens is 2. The molecule has 9 heteroatoms. The van der Waals surface area contributed by atoms with Crippen molar-refractivity contribution in [2.24, 2.45) is 5.16 Å². The number of benzene rings is 2. The number of nitrogens with zero attached hydrogens (tertiary/aromatic N) is 3. The average Bonchev–Trinajstić information content (AvgIpc) is 3.11. The Kier molecular flexibility index (Phi) is 5.50. The highest BCUT2D eigenvalue weighted by Crippen LogP contribution is 2.18. The van der Waals surface area contributed by atoms with E-state index >= 15 is 0 Å². The van der Waals surface area contributed by atoms with E-state index in [0.717, 1.165) is 29.5 Å². The minimum Gasteiger partial charge on any atom is -0.417 e. The fourth-order valence-electron chi connectivity index (χ4n) is 2.06. The SMILES string of the molecule is Cc1ccc(-c2nnc(CO/N=C/C(=O)Nc3ccc(F)cc3F)o2)cc1. The number of amides is 1. The zero-order valence-electron chi connectivity index (χ0n) is 14.1. The number of hydrogen-bond donors (Lipinski definition) is 1. The molecular weight excluding hydrogens is 358 g/mol. The third-order valence-electron chi connectivity index (χ3n) is 3.39. The molecule has 138 valence electrons. The number of aryl methyl sites for hydroxylation is 1. The lowest BCUT2D eigenvalue weighted by Crippen LogP contribution is -2.14. The maximum absolute atomic E-state index is 13.4. The van der Waals surface area contributed by atoms with Gasteiger partial charge in [0.05, 0.1) is 5.69 Å². The van der Waals surface area contributed by atoms with Crippen LogP contribution in [-0.2, 0) is 16.2 Å². The largest absolute Gasteiger partial charge is 0.417 e. The second-order valence-corrected chi connectivity index (χ2v) is 5.49. The van der Waals surface area contributed by atoms with Gasteiger partial charge in [-0.25, -0.2) is 8.78 Å². The van der Waals surface area contributed by atoms with Crippen LogP contribution in [0.1, 0.15) is 11.5 Å². The fraction of sp³-hybridized carbons (Fsp3) is 0.111. The minimum atomic E-state index is -0.896. The van der Waals surface area contributed by atoms with E-state index in [2.05, 4.69) is 20.7 Å². The molecule has 0 aliphatic heterocycles.